The molecule has 0 fully saturated rings. The summed E-state index contributed by atoms with van der Waals surface area (Å²) in [5, 5.41) is 8.55. The molecule has 0 atom stereocenters. The van der Waals surface area contributed by atoms with Crippen LogP contribution in [0.5, 0.6) is 0 Å². The first-order chi connectivity index (χ1) is 8.19. The van der Waals surface area contributed by atoms with Crippen LogP contribution in [0.15, 0.2) is 4.79 Å². The predicted octanol–water partition coefficient (Wildman–Crippen LogP) is -0.360. The maximum atomic E-state index is 11.7. The molecule has 0 spiro atoms. The zero-order chi connectivity index (χ0) is 13.9. The number of H-pyrrole nitrogens is 1. The number of aryl methyl sites for hydroxylation is 1. The standard InChI is InChI=1S/C10H14N2O5S/c1-6-7(3-4-9(13)14)10(15)12-8(11-6)5-18(2,16)17/h3-5H2,1-2H3,(H,13,14)(H,11,12,15). The minimum absolute atomic E-state index is 0.0686. The zero-order valence-corrected chi connectivity index (χ0v) is 10.9. The monoisotopic (exact) mass is 274 g/mol. The Morgan fingerprint density at radius 2 is 2.06 bits per heavy atom. The molecule has 0 aromatic carbocycles. The van der Waals surface area contributed by atoms with Crippen molar-refractivity contribution in [2.24, 2.45) is 0 Å². The lowest BCUT2D eigenvalue weighted by Crippen LogP contribution is -2.21. The van der Waals surface area contributed by atoms with Gasteiger partial charge in [0.05, 0.1) is 0 Å². The normalized spacial score (nSPS) is 11.4. The SMILES string of the molecule is Cc1nc(CS(C)(=O)=O)[nH]c(=O)c1CCC(=O)O. The number of aliphatic carboxylic acids is 1. The lowest BCUT2D eigenvalue weighted by Gasteiger charge is -2.05. The number of hydrogen-bond acceptors (Lipinski definition) is 5. The second-order valence-corrected chi connectivity index (χ2v) is 6.18. The molecule has 0 aliphatic heterocycles. The number of hydrogen-bond donors (Lipinski definition) is 2. The van der Waals surface area contributed by atoms with Crippen LogP contribution < -0.4 is 5.56 Å². The Morgan fingerprint density at radius 3 is 2.50 bits per heavy atom. The molecular formula is C10H14N2O5S. The van der Waals surface area contributed by atoms with Gasteiger partial charge in [-0.1, -0.05) is 0 Å². The third kappa shape index (κ3) is 4.28. The van der Waals surface area contributed by atoms with E-state index >= 15 is 0 Å². The summed E-state index contributed by atoms with van der Waals surface area (Å²) in [6.45, 7) is 1.55. The van der Waals surface area contributed by atoms with Gasteiger partial charge in [0.25, 0.3) is 5.56 Å². The first-order valence-electron chi connectivity index (χ1n) is 5.17. The van der Waals surface area contributed by atoms with E-state index < -0.39 is 21.4 Å². The summed E-state index contributed by atoms with van der Waals surface area (Å²) >= 11 is 0. The fourth-order valence-corrected chi connectivity index (χ4v) is 2.15. The van der Waals surface area contributed by atoms with E-state index in [1.807, 2.05) is 0 Å². The van der Waals surface area contributed by atoms with Gasteiger partial charge in [-0.05, 0) is 13.3 Å². The summed E-state index contributed by atoms with van der Waals surface area (Å²) in [7, 11) is -3.28. The third-order valence-electron chi connectivity index (χ3n) is 2.26. The number of aromatic nitrogens is 2. The smallest absolute Gasteiger partial charge is 0.303 e. The lowest BCUT2D eigenvalue weighted by atomic mass is 10.1. The highest BCUT2D eigenvalue weighted by Crippen LogP contribution is 2.04. The van der Waals surface area contributed by atoms with E-state index in [0.717, 1.165) is 6.26 Å². The second-order valence-electron chi connectivity index (χ2n) is 4.04. The van der Waals surface area contributed by atoms with Gasteiger partial charge in [0.15, 0.2) is 9.84 Å². The van der Waals surface area contributed by atoms with Gasteiger partial charge in [-0.3, -0.25) is 9.59 Å². The molecule has 0 saturated heterocycles. The minimum atomic E-state index is -3.28. The van der Waals surface area contributed by atoms with Crippen LogP contribution in [0.1, 0.15) is 23.5 Å². The van der Waals surface area contributed by atoms with Crippen molar-refractivity contribution in [2.45, 2.75) is 25.5 Å². The number of nitrogens with zero attached hydrogens (tertiary/aromatic N) is 1. The van der Waals surface area contributed by atoms with Crippen molar-refractivity contribution in [1.29, 1.82) is 0 Å². The molecule has 0 radical (unpaired) electrons. The summed E-state index contributed by atoms with van der Waals surface area (Å²) in [6, 6.07) is 0. The van der Waals surface area contributed by atoms with Crippen LogP contribution >= 0.6 is 0 Å². The molecule has 0 bridgehead atoms. The molecule has 1 aromatic heterocycles. The summed E-state index contributed by atoms with van der Waals surface area (Å²) in [5.74, 6) is -1.28. The molecule has 100 valence electrons. The fraction of sp³-hybridized carbons (Fsp3) is 0.500. The van der Waals surface area contributed by atoms with E-state index in [4.69, 9.17) is 5.11 Å². The van der Waals surface area contributed by atoms with Crippen LogP contribution in [-0.4, -0.2) is 35.7 Å². The van der Waals surface area contributed by atoms with Gasteiger partial charge in [-0.15, -0.1) is 0 Å². The molecule has 0 unspecified atom stereocenters. The van der Waals surface area contributed by atoms with Crippen LogP contribution in [0.25, 0.3) is 0 Å². The second kappa shape index (κ2) is 5.30. The number of rotatable bonds is 5. The van der Waals surface area contributed by atoms with Gasteiger partial charge in [-0.25, -0.2) is 13.4 Å². The number of carboxylic acids is 1. The molecule has 7 nitrogen and oxygen atoms in total. The van der Waals surface area contributed by atoms with E-state index in [0.29, 0.717) is 5.69 Å². The Hall–Kier alpha value is -1.70. The molecule has 0 aliphatic rings. The van der Waals surface area contributed by atoms with Gasteiger partial charge < -0.3 is 10.1 Å². The first kappa shape index (κ1) is 14.4. The molecule has 0 aliphatic carbocycles. The summed E-state index contributed by atoms with van der Waals surface area (Å²) in [5.41, 5.74) is 0.149. The third-order valence-corrected chi connectivity index (χ3v) is 3.06. The molecule has 2 N–H and O–H groups in total. The van der Waals surface area contributed by atoms with E-state index in [-0.39, 0.29) is 30.0 Å². The maximum Gasteiger partial charge on any atom is 0.303 e. The van der Waals surface area contributed by atoms with Crippen molar-refractivity contribution in [1.82, 2.24) is 9.97 Å². The van der Waals surface area contributed by atoms with Gasteiger partial charge >= 0.3 is 5.97 Å². The Labute approximate surface area is 104 Å². The average Bonchev–Trinajstić information content (AvgIpc) is 2.12. The number of aromatic amines is 1. The Kier molecular flexibility index (Phi) is 4.23. The van der Waals surface area contributed by atoms with Crippen molar-refractivity contribution in [3.8, 4) is 0 Å². The molecule has 18 heavy (non-hydrogen) atoms. The molecule has 0 amide bonds. The molecular weight excluding hydrogens is 260 g/mol. The number of nitrogens with one attached hydrogen (secondary N) is 1. The number of sulfone groups is 1. The fourth-order valence-electron chi connectivity index (χ4n) is 1.51. The van der Waals surface area contributed by atoms with Crippen LogP contribution in [0.4, 0.5) is 0 Å². The summed E-state index contributed by atoms with van der Waals surface area (Å²) < 4.78 is 22.2. The van der Waals surface area contributed by atoms with Crippen LogP contribution in [0.3, 0.4) is 0 Å². The highest BCUT2D eigenvalue weighted by Gasteiger charge is 2.12. The maximum absolute atomic E-state index is 11.7. The van der Waals surface area contributed by atoms with Gasteiger partial charge in [0, 0.05) is 23.9 Å². The quantitative estimate of drug-likeness (QED) is 0.757. The molecule has 1 rings (SSSR count). The lowest BCUT2D eigenvalue weighted by molar-refractivity contribution is -0.136. The van der Waals surface area contributed by atoms with E-state index in [1.54, 1.807) is 6.92 Å². The van der Waals surface area contributed by atoms with Gasteiger partial charge in [-0.2, -0.15) is 0 Å². The zero-order valence-electron chi connectivity index (χ0n) is 10.1. The summed E-state index contributed by atoms with van der Waals surface area (Å²) in [6.07, 6.45) is 0.945. The highest BCUT2D eigenvalue weighted by molar-refractivity contribution is 7.89. The van der Waals surface area contributed by atoms with Crippen molar-refractivity contribution < 1.29 is 18.3 Å². The van der Waals surface area contributed by atoms with E-state index in [9.17, 15) is 18.0 Å². The van der Waals surface area contributed by atoms with Crippen molar-refractivity contribution in [2.75, 3.05) is 6.26 Å². The molecule has 8 heteroatoms. The summed E-state index contributed by atoms with van der Waals surface area (Å²) in [4.78, 5) is 28.4. The number of carboxylic acid groups (broad SMARTS) is 1. The van der Waals surface area contributed by atoms with E-state index in [1.165, 1.54) is 0 Å². The van der Waals surface area contributed by atoms with Gasteiger partial charge in [0.1, 0.15) is 11.6 Å². The molecule has 1 heterocycles. The molecule has 0 saturated carbocycles. The largest absolute Gasteiger partial charge is 0.481 e. The average molecular weight is 274 g/mol. The van der Waals surface area contributed by atoms with Crippen LogP contribution in [-0.2, 0) is 26.8 Å². The molecule has 1 aromatic rings. The Balaban J connectivity index is 3.05. The van der Waals surface area contributed by atoms with Gasteiger partial charge in [0.2, 0.25) is 0 Å². The Morgan fingerprint density at radius 1 is 1.44 bits per heavy atom. The van der Waals surface area contributed by atoms with Crippen molar-refractivity contribution in [3.05, 3.63) is 27.4 Å². The minimum Gasteiger partial charge on any atom is -0.481 e. The topological polar surface area (TPSA) is 117 Å². The van der Waals surface area contributed by atoms with Crippen LogP contribution in [0, 0.1) is 6.92 Å². The highest BCUT2D eigenvalue weighted by atomic mass is 32.2. The first-order valence-corrected chi connectivity index (χ1v) is 7.23. The van der Waals surface area contributed by atoms with Crippen LogP contribution in [0.2, 0.25) is 0 Å². The number of carbonyl (C=O) groups is 1. The van der Waals surface area contributed by atoms with E-state index in [2.05, 4.69) is 9.97 Å². The Bertz CT molecular complexity index is 618. The van der Waals surface area contributed by atoms with Crippen molar-refractivity contribution >= 4 is 15.8 Å². The predicted molar refractivity (Wildman–Crippen MR) is 64.1 cm³/mol. The van der Waals surface area contributed by atoms with Crippen molar-refractivity contribution in [3.63, 3.8) is 0 Å².